The standard InChI is InChI=1S/C13H29N3O2S/c1-5-9-14-13-8-10-16(11-12(13)4)19(17,18)15(6-2)7-3/h12-14H,5-11H2,1-4H3. The van der Waals surface area contributed by atoms with E-state index in [1.165, 1.54) is 0 Å². The van der Waals surface area contributed by atoms with E-state index in [0.717, 1.165) is 19.4 Å². The molecule has 1 rings (SSSR count). The lowest BCUT2D eigenvalue weighted by Gasteiger charge is -2.38. The molecule has 2 atom stereocenters. The average molecular weight is 291 g/mol. The van der Waals surface area contributed by atoms with Gasteiger partial charge >= 0.3 is 0 Å². The molecule has 0 aromatic heterocycles. The van der Waals surface area contributed by atoms with Crippen molar-refractivity contribution in [1.29, 1.82) is 0 Å². The molecule has 0 aromatic carbocycles. The Morgan fingerprint density at radius 3 is 2.37 bits per heavy atom. The van der Waals surface area contributed by atoms with E-state index in [-0.39, 0.29) is 0 Å². The van der Waals surface area contributed by atoms with Gasteiger partial charge in [0.05, 0.1) is 0 Å². The summed E-state index contributed by atoms with van der Waals surface area (Å²) in [4.78, 5) is 0. The van der Waals surface area contributed by atoms with Gasteiger partial charge in [-0.05, 0) is 25.3 Å². The summed E-state index contributed by atoms with van der Waals surface area (Å²) in [5.41, 5.74) is 0. The molecule has 19 heavy (non-hydrogen) atoms. The first-order chi connectivity index (χ1) is 8.97. The van der Waals surface area contributed by atoms with Gasteiger partial charge < -0.3 is 5.32 Å². The topological polar surface area (TPSA) is 52.7 Å². The third-order valence-electron chi connectivity index (χ3n) is 3.88. The molecule has 5 nitrogen and oxygen atoms in total. The molecule has 1 aliphatic heterocycles. The molecular formula is C13H29N3O2S. The number of hydrogen-bond donors (Lipinski definition) is 1. The zero-order valence-corrected chi connectivity index (χ0v) is 13.5. The highest BCUT2D eigenvalue weighted by molar-refractivity contribution is 7.86. The third-order valence-corrected chi connectivity index (χ3v) is 6.04. The molecule has 114 valence electrons. The summed E-state index contributed by atoms with van der Waals surface area (Å²) in [6.45, 7) is 11.4. The second-order valence-electron chi connectivity index (χ2n) is 5.28. The molecule has 0 aromatic rings. The number of hydrogen-bond acceptors (Lipinski definition) is 3. The van der Waals surface area contributed by atoms with E-state index < -0.39 is 10.2 Å². The lowest BCUT2D eigenvalue weighted by atomic mass is 9.95. The normalized spacial score (nSPS) is 25.9. The highest BCUT2D eigenvalue weighted by atomic mass is 32.2. The molecule has 1 saturated heterocycles. The van der Waals surface area contributed by atoms with Crippen molar-refractivity contribution in [1.82, 2.24) is 13.9 Å². The minimum atomic E-state index is -3.26. The highest BCUT2D eigenvalue weighted by Gasteiger charge is 2.34. The smallest absolute Gasteiger partial charge is 0.281 e. The van der Waals surface area contributed by atoms with E-state index >= 15 is 0 Å². The van der Waals surface area contributed by atoms with Crippen molar-refractivity contribution < 1.29 is 8.42 Å². The molecule has 1 aliphatic rings. The summed E-state index contributed by atoms with van der Waals surface area (Å²) in [7, 11) is -3.26. The second-order valence-corrected chi connectivity index (χ2v) is 7.21. The van der Waals surface area contributed by atoms with Crippen LogP contribution in [-0.2, 0) is 10.2 Å². The van der Waals surface area contributed by atoms with Crippen molar-refractivity contribution in [3.63, 3.8) is 0 Å². The van der Waals surface area contributed by atoms with Crippen LogP contribution in [0.2, 0.25) is 0 Å². The van der Waals surface area contributed by atoms with Crippen LogP contribution in [-0.4, -0.2) is 55.8 Å². The van der Waals surface area contributed by atoms with Crippen LogP contribution in [0.4, 0.5) is 0 Å². The molecule has 0 bridgehead atoms. The Kier molecular flexibility index (Phi) is 6.73. The van der Waals surface area contributed by atoms with E-state index in [0.29, 0.717) is 38.1 Å². The zero-order valence-electron chi connectivity index (χ0n) is 12.7. The maximum absolute atomic E-state index is 12.4. The van der Waals surface area contributed by atoms with Crippen molar-refractivity contribution >= 4 is 10.2 Å². The van der Waals surface area contributed by atoms with Gasteiger partial charge in [-0.15, -0.1) is 0 Å². The Hall–Kier alpha value is -0.170. The van der Waals surface area contributed by atoms with E-state index in [1.807, 2.05) is 13.8 Å². The first-order valence-electron chi connectivity index (χ1n) is 7.45. The van der Waals surface area contributed by atoms with E-state index in [4.69, 9.17) is 0 Å². The molecule has 6 heteroatoms. The summed E-state index contributed by atoms with van der Waals surface area (Å²) >= 11 is 0. The van der Waals surface area contributed by atoms with Crippen molar-refractivity contribution in [2.75, 3.05) is 32.7 Å². The van der Waals surface area contributed by atoms with Gasteiger partial charge in [0, 0.05) is 32.2 Å². The van der Waals surface area contributed by atoms with Gasteiger partial charge in [-0.1, -0.05) is 27.7 Å². The predicted octanol–water partition coefficient (Wildman–Crippen LogP) is 1.28. The predicted molar refractivity (Wildman–Crippen MR) is 79.3 cm³/mol. The summed E-state index contributed by atoms with van der Waals surface area (Å²) in [6, 6.07) is 0.447. The quantitative estimate of drug-likeness (QED) is 0.769. The molecule has 1 fully saturated rings. The molecule has 2 unspecified atom stereocenters. The van der Waals surface area contributed by atoms with E-state index in [1.54, 1.807) is 8.61 Å². The van der Waals surface area contributed by atoms with Crippen LogP contribution in [0.5, 0.6) is 0 Å². The van der Waals surface area contributed by atoms with Crippen molar-refractivity contribution in [2.24, 2.45) is 5.92 Å². The van der Waals surface area contributed by atoms with Gasteiger partial charge in [0.15, 0.2) is 0 Å². The Morgan fingerprint density at radius 2 is 1.89 bits per heavy atom. The van der Waals surface area contributed by atoms with Crippen LogP contribution >= 0.6 is 0 Å². The van der Waals surface area contributed by atoms with Crippen LogP contribution in [0.1, 0.15) is 40.5 Å². The first kappa shape index (κ1) is 16.9. The molecule has 1 heterocycles. The largest absolute Gasteiger partial charge is 0.314 e. The lowest BCUT2D eigenvalue weighted by molar-refractivity contribution is 0.210. The zero-order chi connectivity index (χ0) is 14.5. The maximum Gasteiger partial charge on any atom is 0.281 e. The molecule has 0 amide bonds. The van der Waals surface area contributed by atoms with E-state index in [2.05, 4.69) is 19.2 Å². The van der Waals surface area contributed by atoms with Crippen LogP contribution in [0.15, 0.2) is 0 Å². The molecule has 0 spiro atoms. The SMILES string of the molecule is CCCNC1CCN(S(=O)(=O)N(CC)CC)CC1C. The first-order valence-corrected chi connectivity index (χ1v) is 8.85. The monoisotopic (exact) mass is 291 g/mol. The minimum absolute atomic E-state index is 0.366. The van der Waals surface area contributed by atoms with Gasteiger partial charge in [-0.2, -0.15) is 17.0 Å². The van der Waals surface area contributed by atoms with Crippen LogP contribution in [0, 0.1) is 5.92 Å². The Bertz CT molecular complexity index is 355. The fourth-order valence-corrected chi connectivity index (χ4v) is 4.40. The molecule has 0 aliphatic carbocycles. The van der Waals surface area contributed by atoms with Crippen molar-refractivity contribution in [3.8, 4) is 0 Å². The molecule has 1 N–H and O–H groups in total. The fraction of sp³-hybridized carbons (Fsp3) is 1.00. The van der Waals surface area contributed by atoms with Crippen LogP contribution in [0.3, 0.4) is 0 Å². The fourth-order valence-electron chi connectivity index (χ4n) is 2.66. The van der Waals surface area contributed by atoms with Gasteiger partial charge in [0.1, 0.15) is 0 Å². The third kappa shape index (κ3) is 4.15. The van der Waals surface area contributed by atoms with Gasteiger partial charge in [0.25, 0.3) is 10.2 Å². The van der Waals surface area contributed by atoms with Crippen molar-refractivity contribution in [2.45, 2.75) is 46.6 Å². The number of nitrogens with one attached hydrogen (secondary N) is 1. The highest BCUT2D eigenvalue weighted by Crippen LogP contribution is 2.21. The summed E-state index contributed by atoms with van der Waals surface area (Å²) in [5.74, 6) is 0.366. The second kappa shape index (κ2) is 7.57. The van der Waals surface area contributed by atoms with Crippen LogP contribution < -0.4 is 5.32 Å². The summed E-state index contributed by atoms with van der Waals surface area (Å²) in [6.07, 6.45) is 2.02. The average Bonchev–Trinajstić information content (AvgIpc) is 2.38. The number of nitrogens with zero attached hydrogens (tertiary/aromatic N) is 2. The molecule has 0 saturated carbocycles. The minimum Gasteiger partial charge on any atom is -0.314 e. The van der Waals surface area contributed by atoms with Gasteiger partial charge in [-0.25, -0.2) is 0 Å². The van der Waals surface area contributed by atoms with Crippen molar-refractivity contribution in [3.05, 3.63) is 0 Å². The summed E-state index contributed by atoms with van der Waals surface area (Å²) < 4.78 is 28.1. The number of rotatable bonds is 7. The lowest BCUT2D eigenvalue weighted by Crippen LogP contribution is -2.53. The Balaban J connectivity index is 2.64. The molecule has 0 radical (unpaired) electrons. The summed E-state index contributed by atoms with van der Waals surface area (Å²) in [5, 5.41) is 3.52. The van der Waals surface area contributed by atoms with E-state index in [9.17, 15) is 8.42 Å². The Labute approximate surface area is 118 Å². The molecular weight excluding hydrogens is 262 g/mol. The van der Waals surface area contributed by atoms with Gasteiger partial charge in [0.2, 0.25) is 0 Å². The van der Waals surface area contributed by atoms with Crippen LogP contribution in [0.25, 0.3) is 0 Å². The maximum atomic E-state index is 12.4. The Morgan fingerprint density at radius 1 is 1.26 bits per heavy atom. The van der Waals surface area contributed by atoms with Gasteiger partial charge in [-0.3, -0.25) is 0 Å². The number of piperidine rings is 1.